The van der Waals surface area contributed by atoms with E-state index in [1.807, 2.05) is 43.3 Å². The summed E-state index contributed by atoms with van der Waals surface area (Å²) in [4.78, 5) is 13.9. The molecule has 25 heavy (non-hydrogen) atoms. The number of carbonyl (C=O) groups is 1. The van der Waals surface area contributed by atoms with Gasteiger partial charge in [-0.3, -0.25) is 0 Å². The predicted octanol–water partition coefficient (Wildman–Crippen LogP) is 1.81. The molecule has 0 bridgehead atoms. The third-order valence-electron chi connectivity index (χ3n) is 3.01. The molecule has 0 amide bonds. The Morgan fingerprint density at radius 3 is 2.32 bits per heavy atom. The lowest BCUT2D eigenvalue weighted by atomic mass is 10.2. The SMILES string of the molecule is CCOC(=O)C(C(N)=N/N=C\c1ccc(N(C)C)cc1)=C(O)OCC. The maximum atomic E-state index is 11.9. The summed E-state index contributed by atoms with van der Waals surface area (Å²) in [5.74, 6) is -1.78. The third kappa shape index (κ3) is 6.17. The molecule has 0 radical (unpaired) electrons. The Morgan fingerprint density at radius 1 is 1.20 bits per heavy atom. The van der Waals surface area contributed by atoms with Gasteiger partial charge in [-0.1, -0.05) is 12.1 Å². The quantitative estimate of drug-likeness (QED) is 0.185. The van der Waals surface area contributed by atoms with Crippen molar-refractivity contribution >= 4 is 23.7 Å². The molecule has 0 unspecified atom stereocenters. The fourth-order valence-electron chi connectivity index (χ4n) is 1.78. The van der Waals surface area contributed by atoms with Crippen LogP contribution >= 0.6 is 0 Å². The highest BCUT2D eigenvalue weighted by Crippen LogP contribution is 2.11. The molecule has 0 aliphatic rings. The summed E-state index contributed by atoms with van der Waals surface area (Å²) < 4.78 is 9.75. The third-order valence-corrected chi connectivity index (χ3v) is 3.01. The van der Waals surface area contributed by atoms with Gasteiger partial charge in [-0.05, 0) is 31.5 Å². The van der Waals surface area contributed by atoms with Crippen molar-refractivity contribution in [3.63, 3.8) is 0 Å². The molecule has 0 heterocycles. The number of ether oxygens (including phenoxy) is 2. The second-order valence-corrected chi connectivity index (χ2v) is 5.05. The summed E-state index contributed by atoms with van der Waals surface area (Å²) in [6.07, 6.45) is 1.48. The van der Waals surface area contributed by atoms with Gasteiger partial charge in [-0.2, -0.15) is 5.10 Å². The molecule has 8 heteroatoms. The minimum absolute atomic E-state index is 0.122. The molecular formula is C17H24N4O4. The van der Waals surface area contributed by atoms with E-state index in [1.54, 1.807) is 13.8 Å². The molecule has 3 N–H and O–H groups in total. The molecule has 0 aromatic heterocycles. The summed E-state index contributed by atoms with van der Waals surface area (Å²) >= 11 is 0. The molecule has 1 aromatic carbocycles. The Kier molecular flexibility index (Phi) is 7.98. The fraction of sp³-hybridized carbons (Fsp3) is 0.353. The molecular weight excluding hydrogens is 324 g/mol. The van der Waals surface area contributed by atoms with E-state index in [2.05, 4.69) is 10.2 Å². The summed E-state index contributed by atoms with van der Waals surface area (Å²) in [5, 5.41) is 17.4. The van der Waals surface area contributed by atoms with E-state index in [4.69, 9.17) is 15.2 Å². The van der Waals surface area contributed by atoms with Crippen LogP contribution in [0.5, 0.6) is 0 Å². The predicted molar refractivity (Wildman–Crippen MR) is 97.9 cm³/mol. The van der Waals surface area contributed by atoms with Crippen molar-refractivity contribution in [1.82, 2.24) is 0 Å². The number of anilines is 1. The number of benzene rings is 1. The molecule has 136 valence electrons. The van der Waals surface area contributed by atoms with Crippen LogP contribution in [0, 0.1) is 0 Å². The van der Waals surface area contributed by atoms with Crippen molar-refractivity contribution in [2.75, 3.05) is 32.2 Å². The number of rotatable bonds is 8. The van der Waals surface area contributed by atoms with Gasteiger partial charge in [0.2, 0.25) is 0 Å². The van der Waals surface area contributed by atoms with Gasteiger partial charge in [-0.25, -0.2) is 4.79 Å². The van der Waals surface area contributed by atoms with Crippen LogP contribution in [0.15, 0.2) is 46.0 Å². The first-order valence-electron chi connectivity index (χ1n) is 7.78. The average molecular weight is 348 g/mol. The highest BCUT2D eigenvalue weighted by atomic mass is 16.6. The van der Waals surface area contributed by atoms with Gasteiger partial charge in [0.25, 0.3) is 5.95 Å². The number of aliphatic hydroxyl groups is 1. The first-order chi connectivity index (χ1) is 11.9. The van der Waals surface area contributed by atoms with Gasteiger partial charge in [0.1, 0.15) is 0 Å². The van der Waals surface area contributed by atoms with Crippen LogP contribution in [-0.4, -0.2) is 50.4 Å². The highest BCUT2D eigenvalue weighted by molar-refractivity contribution is 6.18. The Labute approximate surface area is 147 Å². The number of amidine groups is 1. The number of carbonyl (C=O) groups excluding carboxylic acids is 1. The second-order valence-electron chi connectivity index (χ2n) is 5.05. The Bertz CT molecular complexity index is 664. The van der Waals surface area contributed by atoms with Gasteiger partial charge >= 0.3 is 5.97 Å². The molecule has 0 saturated heterocycles. The van der Waals surface area contributed by atoms with Crippen molar-refractivity contribution in [2.45, 2.75) is 13.8 Å². The molecule has 0 fully saturated rings. The zero-order chi connectivity index (χ0) is 18.8. The van der Waals surface area contributed by atoms with Crippen molar-refractivity contribution in [1.29, 1.82) is 0 Å². The molecule has 8 nitrogen and oxygen atoms in total. The number of nitrogens with zero attached hydrogens (tertiary/aromatic N) is 3. The van der Waals surface area contributed by atoms with Gasteiger partial charge in [0.05, 0.1) is 19.4 Å². The number of esters is 1. The van der Waals surface area contributed by atoms with Gasteiger partial charge < -0.3 is 25.2 Å². The van der Waals surface area contributed by atoms with E-state index in [0.717, 1.165) is 11.3 Å². The van der Waals surface area contributed by atoms with Crippen LogP contribution in [0.3, 0.4) is 0 Å². The smallest absolute Gasteiger partial charge is 0.349 e. The summed E-state index contributed by atoms with van der Waals surface area (Å²) in [5.41, 5.74) is 7.24. The maximum Gasteiger partial charge on any atom is 0.349 e. The molecule has 0 saturated carbocycles. The standard InChI is InChI=1S/C17H24N4O4/c1-5-24-16(22)14(17(23)25-6-2)15(18)20-19-11-12-7-9-13(10-8-12)21(3)4/h7-11,22H,5-6H2,1-4H3,(H2,18,20)/b16-14?,19-11-. The van der Waals surface area contributed by atoms with Crippen LogP contribution in [0.25, 0.3) is 0 Å². The van der Waals surface area contributed by atoms with E-state index in [0.29, 0.717) is 0 Å². The van der Waals surface area contributed by atoms with Crippen LogP contribution in [0.1, 0.15) is 19.4 Å². The van der Waals surface area contributed by atoms with Crippen molar-refractivity contribution in [3.05, 3.63) is 41.3 Å². The normalized spacial score (nSPS) is 12.7. The zero-order valence-corrected chi connectivity index (χ0v) is 14.9. The van der Waals surface area contributed by atoms with E-state index in [1.165, 1.54) is 6.21 Å². The van der Waals surface area contributed by atoms with Crippen LogP contribution in [0.4, 0.5) is 5.69 Å². The summed E-state index contributed by atoms with van der Waals surface area (Å²) in [6, 6.07) is 7.59. The van der Waals surface area contributed by atoms with Gasteiger partial charge in [-0.15, -0.1) is 5.10 Å². The lowest BCUT2D eigenvalue weighted by Gasteiger charge is -2.11. The van der Waals surface area contributed by atoms with Crippen LogP contribution < -0.4 is 10.6 Å². The number of hydrogen-bond acceptors (Lipinski definition) is 7. The first kappa shape index (κ1) is 20.0. The molecule has 0 atom stereocenters. The first-order valence-corrected chi connectivity index (χ1v) is 7.78. The maximum absolute atomic E-state index is 11.9. The molecule has 0 aliphatic carbocycles. The van der Waals surface area contributed by atoms with Gasteiger partial charge in [0.15, 0.2) is 11.4 Å². The zero-order valence-electron chi connectivity index (χ0n) is 14.9. The van der Waals surface area contributed by atoms with E-state index < -0.39 is 11.9 Å². The number of hydrogen-bond donors (Lipinski definition) is 2. The van der Waals surface area contributed by atoms with Crippen LogP contribution in [0.2, 0.25) is 0 Å². The number of nitrogens with two attached hydrogens (primary N) is 1. The Balaban J connectivity index is 2.98. The minimum atomic E-state index is -0.833. The molecule has 1 aromatic rings. The van der Waals surface area contributed by atoms with Crippen molar-refractivity contribution < 1.29 is 19.4 Å². The minimum Gasteiger partial charge on any atom is -0.480 e. The lowest BCUT2D eigenvalue weighted by molar-refractivity contribution is -0.138. The topological polar surface area (TPSA) is 110 Å². The summed E-state index contributed by atoms with van der Waals surface area (Å²) in [6.45, 7) is 3.57. The second kappa shape index (κ2) is 9.96. The monoisotopic (exact) mass is 348 g/mol. The van der Waals surface area contributed by atoms with Crippen molar-refractivity contribution in [3.8, 4) is 0 Å². The van der Waals surface area contributed by atoms with E-state index >= 15 is 0 Å². The van der Waals surface area contributed by atoms with Crippen LogP contribution in [-0.2, 0) is 14.3 Å². The molecule has 0 spiro atoms. The summed E-state index contributed by atoms with van der Waals surface area (Å²) in [7, 11) is 3.89. The molecule has 0 aliphatic heterocycles. The number of aliphatic hydroxyl groups excluding tert-OH is 1. The Morgan fingerprint density at radius 2 is 1.80 bits per heavy atom. The van der Waals surface area contributed by atoms with E-state index in [-0.39, 0.29) is 24.6 Å². The average Bonchev–Trinajstić information content (AvgIpc) is 2.56. The fourth-order valence-corrected chi connectivity index (χ4v) is 1.78. The van der Waals surface area contributed by atoms with Crippen molar-refractivity contribution in [2.24, 2.45) is 15.9 Å². The van der Waals surface area contributed by atoms with Gasteiger partial charge in [0, 0.05) is 19.8 Å². The lowest BCUT2D eigenvalue weighted by Crippen LogP contribution is -2.25. The van der Waals surface area contributed by atoms with E-state index in [9.17, 15) is 9.90 Å². The largest absolute Gasteiger partial charge is 0.480 e. The molecule has 1 rings (SSSR count). The Hall–Kier alpha value is -3.03. The highest BCUT2D eigenvalue weighted by Gasteiger charge is 2.22.